The molecule has 2 aromatic rings. The lowest BCUT2D eigenvalue weighted by Crippen LogP contribution is -2.60. The lowest BCUT2D eigenvalue weighted by atomic mass is 10.0. The zero-order valence-electron chi connectivity index (χ0n) is 54.5. The molecule has 4 rings (SSSR count). The van der Waals surface area contributed by atoms with E-state index in [9.17, 15) is 62.3 Å². The van der Waals surface area contributed by atoms with E-state index in [1.54, 1.807) is 60.7 Å². The highest BCUT2D eigenvalue weighted by molar-refractivity contribution is 7.98. The largest absolute Gasteiger partial charge is 0.370 e. The molecule has 32 heteroatoms. The molecule has 31 nitrogen and oxygen atoms in total. The molecule has 0 radical (unpaired) electrons. The number of hydrogen-bond donors (Lipinski definition) is 15. The van der Waals surface area contributed by atoms with Gasteiger partial charge < -0.3 is 92.5 Å². The maximum Gasteiger partial charge on any atom is 0.245 e. The van der Waals surface area contributed by atoms with Gasteiger partial charge in [0.2, 0.25) is 76.8 Å². The summed E-state index contributed by atoms with van der Waals surface area (Å²) in [5.41, 5.74) is 40.6. The molecule has 2 aromatic carbocycles. The fraction of sp³-hybridized carbons (Fsp3) is 0.587. The number of nitrogens with two attached hydrogens (primary N) is 7. The van der Waals surface area contributed by atoms with Gasteiger partial charge in [-0.15, -0.1) is 0 Å². The van der Waals surface area contributed by atoms with Crippen molar-refractivity contribution in [3.05, 3.63) is 71.8 Å². The van der Waals surface area contributed by atoms with Crippen molar-refractivity contribution in [1.29, 1.82) is 0 Å². The third-order valence-electron chi connectivity index (χ3n) is 16.0. The fourth-order valence-electron chi connectivity index (χ4n) is 11.0. The van der Waals surface area contributed by atoms with E-state index in [-0.39, 0.29) is 83.0 Å². The monoisotopic (exact) mass is 1350 g/mol. The Kier molecular flexibility index (Phi) is 33.9. The SMILES string of the molecule is CSCC[C@H](NC(=O)[C@H](CC(C)C)NC(=O)CNC(=O)[C@H](Cc1ccccc1)NC(=O)[C@@H](Cc1ccccc1)NC(=O)[C@H](CCC(N)=O)NC(=O)[C@@H](CCC(N)=O)NC(=O)[C@@H]1CCCN1C(=O)[C@@H](CCCCN)NC(=O)[C@@H]1CCCN1C(=O)[C@H](N)CCCN=C(N)N)C(N)=O. The number of likely N-dealkylation sites (tertiary alicyclic amines) is 2. The maximum absolute atomic E-state index is 14.7. The van der Waals surface area contributed by atoms with E-state index in [1.807, 2.05) is 20.1 Å². The molecule has 22 N–H and O–H groups in total. The van der Waals surface area contributed by atoms with Crippen LogP contribution in [0.3, 0.4) is 0 Å². The zero-order chi connectivity index (χ0) is 70.1. The number of unbranched alkanes of at least 4 members (excludes halogenated alkanes) is 1. The first-order valence-corrected chi connectivity index (χ1v) is 33.6. The number of hydrogen-bond acceptors (Lipinski definition) is 17. The summed E-state index contributed by atoms with van der Waals surface area (Å²) in [4.78, 5) is 185. The average molecular weight is 1350 g/mol. The van der Waals surface area contributed by atoms with Gasteiger partial charge in [-0.25, -0.2) is 0 Å². The molecule has 2 fully saturated rings. The van der Waals surface area contributed by atoms with Crippen molar-refractivity contribution in [2.24, 2.45) is 51.0 Å². The van der Waals surface area contributed by atoms with Crippen LogP contribution in [0.2, 0.25) is 0 Å². The molecule has 13 amide bonds. The van der Waals surface area contributed by atoms with E-state index >= 15 is 0 Å². The number of rotatable bonds is 42. The minimum Gasteiger partial charge on any atom is -0.370 e. The summed E-state index contributed by atoms with van der Waals surface area (Å²) in [5, 5.41) is 21.1. The molecule has 0 aliphatic carbocycles. The van der Waals surface area contributed by atoms with Crippen LogP contribution in [0.1, 0.15) is 121 Å². The Labute approximate surface area is 558 Å². The highest BCUT2D eigenvalue weighted by Crippen LogP contribution is 2.24. The second-order valence-corrected chi connectivity index (χ2v) is 25.1. The lowest BCUT2D eigenvalue weighted by molar-refractivity contribution is -0.144. The van der Waals surface area contributed by atoms with Crippen LogP contribution in [-0.4, -0.2) is 198 Å². The van der Waals surface area contributed by atoms with E-state index in [4.69, 9.17) is 40.1 Å². The molecule has 524 valence electrons. The van der Waals surface area contributed by atoms with Gasteiger partial charge in [-0.3, -0.25) is 67.3 Å². The maximum atomic E-state index is 14.7. The molecule has 2 heterocycles. The molecule has 95 heavy (non-hydrogen) atoms. The minimum absolute atomic E-state index is 0.0736. The van der Waals surface area contributed by atoms with Crippen LogP contribution in [-0.2, 0) is 75.2 Å². The van der Waals surface area contributed by atoms with Crippen LogP contribution < -0.4 is 82.7 Å². The number of carbonyl (C=O) groups excluding carboxylic acids is 13. The Morgan fingerprint density at radius 2 is 1.01 bits per heavy atom. The Morgan fingerprint density at radius 3 is 1.51 bits per heavy atom. The molecule has 0 saturated carbocycles. The second kappa shape index (κ2) is 41.0. The standard InChI is InChI=1S/C63H98N18O13S/c1-37(2)33-45(57(89)74-41(53(68)85)27-32-95-3)73-52(84)36-72-54(86)46(34-38-15-6-4-7-16-38)78-58(90)47(35-39-17-8-5-9-18-39)79-56(88)42(23-25-50(66)82)75-55(87)43(24-26-51(67)83)76-59(91)49-22-14-31-81(49)62(94)44(20-10-11-28-64)77-60(92)48-21-13-30-80(48)61(93)40(65)19-12-29-71-63(69)70/h4-9,15-18,37,40-49H,10-14,19-36,64-65H2,1-3H3,(H2,66,82)(H2,67,83)(H2,68,85)(H,72,86)(H,73,84)(H,74,89)(H,75,87)(H,76,91)(H,77,92)(H,78,90)(H,79,88)(H4,69,70,71)/t40-,41+,42+,43-,44-,45+,46+,47-,48+,49+/m1/s1. The Hall–Kier alpha value is -8.91. The molecule has 10 atom stereocenters. The van der Waals surface area contributed by atoms with Gasteiger partial charge in [0.1, 0.15) is 54.4 Å². The summed E-state index contributed by atoms with van der Waals surface area (Å²) in [7, 11) is 0. The van der Waals surface area contributed by atoms with E-state index < -0.39 is 169 Å². The summed E-state index contributed by atoms with van der Waals surface area (Å²) >= 11 is 1.45. The van der Waals surface area contributed by atoms with Crippen LogP contribution in [0.4, 0.5) is 0 Å². The zero-order valence-corrected chi connectivity index (χ0v) is 55.3. The van der Waals surface area contributed by atoms with Crippen molar-refractivity contribution in [2.75, 3.05) is 44.7 Å². The normalized spacial score (nSPS) is 16.8. The number of guanidine groups is 1. The van der Waals surface area contributed by atoms with Gasteiger partial charge in [0.15, 0.2) is 5.96 Å². The number of thioether (sulfide) groups is 1. The van der Waals surface area contributed by atoms with Crippen LogP contribution >= 0.6 is 11.8 Å². The van der Waals surface area contributed by atoms with Crippen molar-refractivity contribution in [3.8, 4) is 0 Å². The first-order chi connectivity index (χ1) is 45.2. The fourth-order valence-corrected chi connectivity index (χ4v) is 11.5. The number of nitrogens with zero attached hydrogens (tertiary/aromatic N) is 3. The van der Waals surface area contributed by atoms with Crippen LogP contribution in [0.15, 0.2) is 65.7 Å². The highest BCUT2D eigenvalue weighted by Gasteiger charge is 2.42. The van der Waals surface area contributed by atoms with Crippen LogP contribution in [0.25, 0.3) is 0 Å². The van der Waals surface area contributed by atoms with Crippen molar-refractivity contribution in [1.82, 2.24) is 52.3 Å². The molecule has 0 aromatic heterocycles. The second-order valence-electron chi connectivity index (χ2n) is 24.1. The number of nitrogens with one attached hydrogen (secondary N) is 8. The number of benzene rings is 2. The van der Waals surface area contributed by atoms with Gasteiger partial charge in [0, 0.05) is 45.3 Å². The number of primary amides is 3. The molecule has 2 aliphatic heterocycles. The molecular weight excluding hydrogens is 1250 g/mol. The Balaban J connectivity index is 1.56. The smallest absolute Gasteiger partial charge is 0.245 e. The quantitative estimate of drug-likeness (QED) is 0.0173. The third kappa shape index (κ3) is 27.5. The van der Waals surface area contributed by atoms with Crippen molar-refractivity contribution < 1.29 is 62.3 Å². The summed E-state index contributed by atoms with van der Waals surface area (Å²) < 4.78 is 0. The summed E-state index contributed by atoms with van der Waals surface area (Å²) in [6.07, 6.45) is 3.12. The van der Waals surface area contributed by atoms with Crippen molar-refractivity contribution in [2.45, 2.75) is 183 Å². The number of carbonyl (C=O) groups is 13. The molecule has 0 unspecified atom stereocenters. The number of amides is 13. The predicted octanol–water partition coefficient (Wildman–Crippen LogP) is -3.71. The highest BCUT2D eigenvalue weighted by atomic mass is 32.2. The number of aliphatic imine (C=N–C) groups is 1. The van der Waals surface area contributed by atoms with E-state index in [2.05, 4.69) is 47.5 Å². The van der Waals surface area contributed by atoms with E-state index in [1.165, 1.54) is 21.6 Å². The Morgan fingerprint density at radius 1 is 0.537 bits per heavy atom. The minimum atomic E-state index is -1.64. The van der Waals surface area contributed by atoms with Crippen LogP contribution in [0, 0.1) is 5.92 Å². The summed E-state index contributed by atoms with van der Waals surface area (Å²) in [6, 6.07) is 4.51. The molecule has 0 bridgehead atoms. The Bertz CT molecular complexity index is 2960. The summed E-state index contributed by atoms with van der Waals surface area (Å²) in [5.74, 6) is -9.80. The van der Waals surface area contributed by atoms with Gasteiger partial charge in [-0.05, 0) is 119 Å². The predicted molar refractivity (Wildman–Crippen MR) is 356 cm³/mol. The van der Waals surface area contributed by atoms with Gasteiger partial charge >= 0.3 is 0 Å². The molecule has 2 aliphatic rings. The van der Waals surface area contributed by atoms with Gasteiger partial charge in [-0.1, -0.05) is 74.5 Å². The first-order valence-electron chi connectivity index (χ1n) is 32.2. The van der Waals surface area contributed by atoms with Gasteiger partial charge in [0.25, 0.3) is 0 Å². The topological polar surface area (TPSA) is 519 Å². The molecule has 0 spiro atoms. The van der Waals surface area contributed by atoms with Gasteiger partial charge in [0.05, 0.1) is 12.6 Å². The van der Waals surface area contributed by atoms with Gasteiger partial charge in [-0.2, -0.15) is 11.8 Å². The van der Waals surface area contributed by atoms with E-state index in [0.29, 0.717) is 55.4 Å². The molecule has 2 saturated heterocycles. The molecular formula is C63H98N18O13S. The third-order valence-corrected chi connectivity index (χ3v) is 16.7. The first kappa shape index (κ1) is 78.5. The van der Waals surface area contributed by atoms with Crippen molar-refractivity contribution >= 4 is 94.5 Å². The van der Waals surface area contributed by atoms with Crippen LogP contribution in [0.5, 0.6) is 0 Å². The average Bonchev–Trinajstić information content (AvgIpc) is 1.74. The summed E-state index contributed by atoms with van der Waals surface area (Å²) in [6.45, 7) is 3.86. The lowest BCUT2D eigenvalue weighted by Gasteiger charge is -2.32. The van der Waals surface area contributed by atoms with E-state index in [0.717, 1.165) is 0 Å². The van der Waals surface area contributed by atoms with Crippen molar-refractivity contribution in [3.63, 3.8) is 0 Å².